The van der Waals surface area contributed by atoms with E-state index in [4.69, 9.17) is 9.47 Å². The van der Waals surface area contributed by atoms with Gasteiger partial charge in [-0.05, 0) is 24.6 Å². The second-order valence-electron chi connectivity index (χ2n) is 7.03. The Morgan fingerprint density at radius 3 is 2.63 bits per heavy atom. The van der Waals surface area contributed by atoms with Gasteiger partial charge in [0.05, 0.1) is 18.7 Å². The van der Waals surface area contributed by atoms with Crippen LogP contribution in [0.2, 0.25) is 0 Å². The van der Waals surface area contributed by atoms with Crippen LogP contribution in [-0.4, -0.2) is 28.8 Å². The zero-order valence-corrected chi connectivity index (χ0v) is 17.5. The lowest BCUT2D eigenvalue weighted by Gasteiger charge is -2.29. The van der Waals surface area contributed by atoms with Crippen molar-refractivity contribution < 1.29 is 13.9 Å². The molecule has 0 aliphatic heterocycles. The average Bonchev–Trinajstić information content (AvgIpc) is 2.74. The number of nitrogens with zero attached hydrogens (tertiary/aromatic N) is 2. The number of benzene rings is 2. The van der Waals surface area contributed by atoms with Gasteiger partial charge in [-0.2, -0.15) is 0 Å². The molecule has 1 aromatic heterocycles. The first-order valence-corrected chi connectivity index (χ1v) is 9.38. The second kappa shape index (κ2) is 9.13. The molecule has 1 N–H and O–H groups in total. The summed E-state index contributed by atoms with van der Waals surface area (Å²) >= 11 is 0. The minimum absolute atomic E-state index is 0. The van der Waals surface area contributed by atoms with Gasteiger partial charge in [-0.15, -0.1) is 12.4 Å². The van der Waals surface area contributed by atoms with Crippen LogP contribution in [0, 0.1) is 0 Å². The Morgan fingerprint density at radius 2 is 1.90 bits per heavy atom. The van der Waals surface area contributed by atoms with Gasteiger partial charge in [0.1, 0.15) is 24.4 Å². The van der Waals surface area contributed by atoms with E-state index in [0.717, 1.165) is 10.9 Å². The van der Waals surface area contributed by atoms with Crippen molar-refractivity contribution in [3.05, 3.63) is 78.7 Å². The predicted molar refractivity (Wildman–Crippen MR) is 119 cm³/mol. The summed E-state index contributed by atoms with van der Waals surface area (Å²) in [5.41, 5.74) is 0.218. The first kappa shape index (κ1) is 21.6. The molecule has 1 aliphatic carbocycles. The zero-order chi connectivity index (χ0) is 20.3. The van der Waals surface area contributed by atoms with E-state index < -0.39 is 11.7 Å². The van der Waals surface area contributed by atoms with Crippen LogP contribution in [0.1, 0.15) is 12.5 Å². The molecule has 156 valence electrons. The van der Waals surface area contributed by atoms with Crippen LogP contribution in [0.3, 0.4) is 0 Å². The van der Waals surface area contributed by atoms with Crippen LogP contribution in [0.5, 0.6) is 11.5 Å². The number of anilines is 1. The molecule has 2 unspecified atom stereocenters. The van der Waals surface area contributed by atoms with Crippen molar-refractivity contribution in [3.8, 4) is 11.5 Å². The molecule has 5 nitrogen and oxygen atoms in total. The van der Waals surface area contributed by atoms with E-state index >= 15 is 0 Å². The maximum Gasteiger partial charge on any atom is 0.163 e. The molecule has 1 heterocycles. The van der Waals surface area contributed by atoms with Crippen LogP contribution in [0.4, 0.5) is 10.2 Å². The Morgan fingerprint density at radius 1 is 1.10 bits per heavy atom. The molecule has 0 saturated carbocycles. The molecule has 7 heteroatoms. The third kappa shape index (κ3) is 4.54. The van der Waals surface area contributed by atoms with Gasteiger partial charge in [0, 0.05) is 11.5 Å². The lowest BCUT2D eigenvalue weighted by molar-refractivity contribution is 0.241. The number of nitrogens with one attached hydrogen (secondary N) is 1. The summed E-state index contributed by atoms with van der Waals surface area (Å²) in [5.74, 6) is 1.69. The van der Waals surface area contributed by atoms with E-state index in [2.05, 4.69) is 15.3 Å². The summed E-state index contributed by atoms with van der Waals surface area (Å²) in [6.07, 6.45) is 8.29. The molecule has 2 atom stereocenters. The van der Waals surface area contributed by atoms with Crippen LogP contribution in [-0.2, 0) is 6.61 Å². The Labute approximate surface area is 181 Å². The Bertz CT molecular complexity index is 1070. The summed E-state index contributed by atoms with van der Waals surface area (Å²) in [7, 11) is 1.58. The molecule has 0 saturated heterocycles. The van der Waals surface area contributed by atoms with Gasteiger partial charge in [0.15, 0.2) is 11.5 Å². The van der Waals surface area contributed by atoms with Crippen molar-refractivity contribution in [2.75, 3.05) is 12.4 Å². The van der Waals surface area contributed by atoms with Gasteiger partial charge in [-0.1, -0.05) is 48.6 Å². The number of alkyl halides is 1. The van der Waals surface area contributed by atoms with Crippen molar-refractivity contribution in [3.63, 3.8) is 0 Å². The number of methoxy groups -OCH3 is 1. The topological polar surface area (TPSA) is 56.3 Å². The lowest BCUT2D eigenvalue weighted by atomic mass is 9.94. The summed E-state index contributed by atoms with van der Waals surface area (Å²) in [6, 6.07) is 13.0. The minimum Gasteiger partial charge on any atom is -0.493 e. The predicted octanol–water partition coefficient (Wildman–Crippen LogP) is 5.27. The van der Waals surface area contributed by atoms with Crippen molar-refractivity contribution >= 4 is 29.1 Å². The average molecular weight is 428 g/mol. The molecule has 3 aromatic rings. The molecular weight excluding hydrogens is 405 g/mol. The first-order valence-electron chi connectivity index (χ1n) is 9.38. The molecule has 2 aromatic carbocycles. The number of fused-ring (bicyclic) bond motifs is 1. The number of hydrogen-bond donors (Lipinski definition) is 1. The molecule has 30 heavy (non-hydrogen) atoms. The van der Waals surface area contributed by atoms with Crippen LogP contribution in [0.15, 0.2) is 73.1 Å². The van der Waals surface area contributed by atoms with E-state index in [1.165, 1.54) is 19.3 Å². The van der Waals surface area contributed by atoms with Crippen molar-refractivity contribution in [1.82, 2.24) is 9.97 Å². The Balaban J connectivity index is 0.00000256. The van der Waals surface area contributed by atoms with E-state index in [1.807, 2.05) is 48.5 Å². The number of rotatable bonds is 6. The summed E-state index contributed by atoms with van der Waals surface area (Å²) < 4.78 is 26.3. The van der Waals surface area contributed by atoms with E-state index in [1.54, 1.807) is 19.3 Å². The van der Waals surface area contributed by atoms with Crippen molar-refractivity contribution in [2.24, 2.45) is 0 Å². The van der Waals surface area contributed by atoms with Crippen LogP contribution in [0.25, 0.3) is 10.9 Å². The third-order valence-corrected chi connectivity index (χ3v) is 4.90. The van der Waals surface area contributed by atoms with Crippen molar-refractivity contribution in [1.29, 1.82) is 0 Å². The van der Waals surface area contributed by atoms with Gasteiger partial charge in [0.25, 0.3) is 0 Å². The standard InChI is InChI=1S/C23H22FN3O2.ClH/c1-23(24)11-7-6-10-21(23)27-22-17-12-19(28-2)20(13-18(17)25-15-26-22)29-14-16-8-4-3-5-9-16;/h3-13,15,21H,14H2,1-2H3,(H,25,26,27);1H. The van der Waals surface area contributed by atoms with Gasteiger partial charge < -0.3 is 14.8 Å². The number of aromatic nitrogens is 2. The number of hydrogen-bond acceptors (Lipinski definition) is 5. The highest BCUT2D eigenvalue weighted by Gasteiger charge is 2.31. The fourth-order valence-corrected chi connectivity index (χ4v) is 3.23. The Kier molecular flexibility index (Phi) is 6.57. The second-order valence-corrected chi connectivity index (χ2v) is 7.03. The molecule has 4 rings (SSSR count). The van der Waals surface area contributed by atoms with Gasteiger partial charge >= 0.3 is 0 Å². The van der Waals surface area contributed by atoms with Crippen LogP contribution < -0.4 is 14.8 Å². The molecule has 0 amide bonds. The molecular formula is C23H23ClFN3O2. The van der Waals surface area contributed by atoms with Crippen LogP contribution >= 0.6 is 12.4 Å². The molecule has 0 spiro atoms. The smallest absolute Gasteiger partial charge is 0.163 e. The van der Waals surface area contributed by atoms with E-state index in [-0.39, 0.29) is 12.4 Å². The number of ether oxygens (including phenoxy) is 2. The lowest BCUT2D eigenvalue weighted by Crippen LogP contribution is -2.39. The third-order valence-electron chi connectivity index (χ3n) is 4.90. The normalized spacial score (nSPS) is 19.9. The maximum atomic E-state index is 14.8. The largest absolute Gasteiger partial charge is 0.493 e. The Hall–Kier alpha value is -3.12. The summed E-state index contributed by atoms with van der Waals surface area (Å²) in [4.78, 5) is 8.67. The minimum atomic E-state index is -1.52. The fourth-order valence-electron chi connectivity index (χ4n) is 3.23. The molecule has 0 radical (unpaired) electrons. The van der Waals surface area contributed by atoms with Gasteiger partial charge in [0.2, 0.25) is 0 Å². The van der Waals surface area contributed by atoms with E-state index in [9.17, 15) is 4.39 Å². The SMILES string of the molecule is COc1cc2c(NC3C=CC=CC3(C)F)ncnc2cc1OCc1ccccc1.Cl. The number of allylic oxidation sites excluding steroid dienone is 2. The van der Waals surface area contributed by atoms with E-state index in [0.29, 0.717) is 29.4 Å². The quantitative estimate of drug-likeness (QED) is 0.580. The summed E-state index contributed by atoms with van der Waals surface area (Å²) in [6.45, 7) is 1.95. The fraction of sp³-hybridized carbons (Fsp3) is 0.217. The summed E-state index contributed by atoms with van der Waals surface area (Å²) in [5, 5.41) is 3.91. The highest BCUT2D eigenvalue weighted by atomic mass is 35.5. The highest BCUT2D eigenvalue weighted by Crippen LogP contribution is 2.35. The molecule has 1 aliphatic rings. The maximum absolute atomic E-state index is 14.8. The molecule has 0 fully saturated rings. The highest BCUT2D eigenvalue weighted by molar-refractivity contribution is 5.91. The zero-order valence-electron chi connectivity index (χ0n) is 16.7. The van der Waals surface area contributed by atoms with Gasteiger partial charge in [-0.25, -0.2) is 14.4 Å². The van der Waals surface area contributed by atoms with Crippen molar-refractivity contribution in [2.45, 2.75) is 25.2 Å². The van der Waals surface area contributed by atoms with Gasteiger partial charge in [-0.3, -0.25) is 0 Å². The monoisotopic (exact) mass is 427 g/mol. The first-order chi connectivity index (χ1) is 14.1. The molecule has 0 bridgehead atoms. The number of halogens is 2.